The van der Waals surface area contributed by atoms with E-state index in [4.69, 9.17) is 5.73 Å². The summed E-state index contributed by atoms with van der Waals surface area (Å²) in [4.78, 5) is 51.3. The number of thioether (sulfide) groups is 1. The van der Waals surface area contributed by atoms with Crippen LogP contribution < -0.4 is 11.1 Å². The van der Waals surface area contributed by atoms with Crippen LogP contribution in [0.2, 0.25) is 0 Å². The van der Waals surface area contributed by atoms with E-state index in [1.807, 2.05) is 36.4 Å². The lowest BCUT2D eigenvalue weighted by Crippen LogP contribution is -2.31. The molecule has 3 atom stereocenters. The minimum atomic E-state index is -0.625. The number of carbonyl (C=O) groups excluding carboxylic acids is 3. The van der Waals surface area contributed by atoms with Crippen LogP contribution >= 0.6 is 11.8 Å². The van der Waals surface area contributed by atoms with Gasteiger partial charge in [-0.05, 0) is 71.9 Å². The Hall–Kier alpha value is -4.37. The van der Waals surface area contributed by atoms with Gasteiger partial charge in [-0.1, -0.05) is 6.92 Å². The number of rotatable bonds is 4. The second-order valence-electron chi connectivity index (χ2n) is 10.8. The standard InChI is InChI=1S/C30H23N5O3S/c1-13-6-24-18(30-19(28(30)37)12-32-27(13)30)11-25(39-24)26(36)22-9-15-8-17(3-5-21(15)34-22)33-29(38)23-10-14-7-16(31)2-4-20(14)35-23/h2-5,7-10,12-13,25,34-35H,6,11,31H2,1H3,(H,33,38). The molecule has 39 heavy (non-hydrogen) atoms. The SMILES string of the molecule is CC1CC2=C(CC(C(=O)c3cc4cc(NC(=O)c5cc6cc(N)ccc6[nH]5)ccc4[nH]3)S2)C23C(=O)C2=CN=C13. The minimum absolute atomic E-state index is 0.0210. The van der Waals surface area contributed by atoms with Gasteiger partial charge in [-0.15, -0.1) is 11.8 Å². The van der Waals surface area contributed by atoms with Crippen molar-refractivity contribution in [3.05, 3.63) is 82.2 Å². The maximum Gasteiger partial charge on any atom is 0.272 e. The second-order valence-corrected chi connectivity index (χ2v) is 12.1. The third kappa shape index (κ3) is 3.07. The molecule has 5 N–H and O–H groups in total. The van der Waals surface area contributed by atoms with E-state index in [2.05, 4.69) is 27.2 Å². The fraction of sp³-hybridized carbons (Fsp3) is 0.200. The molecule has 0 radical (unpaired) electrons. The summed E-state index contributed by atoms with van der Waals surface area (Å²) in [6.45, 7) is 2.12. The lowest BCUT2D eigenvalue weighted by atomic mass is 9.75. The Labute approximate surface area is 226 Å². The highest BCUT2D eigenvalue weighted by Crippen LogP contribution is 2.67. The molecule has 3 unspecified atom stereocenters. The van der Waals surface area contributed by atoms with Crippen LogP contribution in [0.4, 0.5) is 11.4 Å². The predicted molar refractivity (Wildman–Crippen MR) is 153 cm³/mol. The average Bonchev–Trinajstić information content (AvgIpc) is 3.52. The Balaban J connectivity index is 1.02. The van der Waals surface area contributed by atoms with Crippen LogP contribution in [-0.4, -0.2) is 38.4 Å². The second kappa shape index (κ2) is 7.60. The molecular formula is C30H23N5O3S. The van der Waals surface area contributed by atoms with Gasteiger partial charge in [0.1, 0.15) is 11.1 Å². The number of amides is 1. The number of nitrogens with two attached hydrogens (primary N) is 1. The van der Waals surface area contributed by atoms with Gasteiger partial charge in [-0.2, -0.15) is 0 Å². The van der Waals surface area contributed by atoms with Crippen molar-refractivity contribution in [2.45, 2.75) is 25.0 Å². The maximum absolute atomic E-state index is 13.6. The van der Waals surface area contributed by atoms with Crippen LogP contribution in [0.25, 0.3) is 21.8 Å². The first kappa shape index (κ1) is 22.6. The van der Waals surface area contributed by atoms with E-state index in [9.17, 15) is 14.4 Å². The van der Waals surface area contributed by atoms with E-state index in [-0.39, 0.29) is 28.6 Å². The van der Waals surface area contributed by atoms with E-state index in [0.29, 0.717) is 29.2 Å². The quantitative estimate of drug-likeness (QED) is 0.207. The van der Waals surface area contributed by atoms with Crippen molar-refractivity contribution >= 4 is 68.1 Å². The van der Waals surface area contributed by atoms with E-state index in [1.54, 1.807) is 30.1 Å². The third-order valence-electron chi connectivity index (χ3n) is 8.39. The fourth-order valence-electron chi connectivity index (χ4n) is 6.50. The van der Waals surface area contributed by atoms with Crippen LogP contribution in [0.15, 0.2) is 75.8 Å². The van der Waals surface area contributed by atoms with Crippen LogP contribution in [-0.2, 0) is 4.79 Å². The molecule has 4 heterocycles. The van der Waals surface area contributed by atoms with Gasteiger partial charge in [0, 0.05) is 56.6 Å². The number of Topliss-reactive ketones (excluding diaryl/α,β-unsaturated/α-hetero) is 2. The Morgan fingerprint density at radius 3 is 2.59 bits per heavy atom. The third-order valence-corrected chi connectivity index (χ3v) is 9.75. The summed E-state index contributed by atoms with van der Waals surface area (Å²) in [5.74, 6) is 0.126. The van der Waals surface area contributed by atoms with Gasteiger partial charge in [0.25, 0.3) is 5.91 Å². The van der Waals surface area contributed by atoms with Crippen molar-refractivity contribution in [3.63, 3.8) is 0 Å². The van der Waals surface area contributed by atoms with Gasteiger partial charge in [-0.3, -0.25) is 19.4 Å². The van der Waals surface area contributed by atoms with Gasteiger partial charge < -0.3 is 21.0 Å². The van der Waals surface area contributed by atoms with Crippen molar-refractivity contribution in [1.82, 2.24) is 9.97 Å². The first-order chi connectivity index (χ1) is 18.8. The van der Waals surface area contributed by atoms with Crippen LogP contribution in [0.1, 0.15) is 40.7 Å². The Morgan fingerprint density at radius 2 is 1.77 bits per heavy atom. The molecule has 1 saturated carbocycles. The van der Waals surface area contributed by atoms with Gasteiger partial charge in [-0.25, -0.2) is 0 Å². The zero-order chi connectivity index (χ0) is 26.6. The molecule has 1 amide bonds. The van der Waals surface area contributed by atoms with Crippen molar-refractivity contribution in [3.8, 4) is 0 Å². The maximum atomic E-state index is 13.6. The highest BCUT2D eigenvalue weighted by molar-refractivity contribution is 8.04. The largest absolute Gasteiger partial charge is 0.399 e. The summed E-state index contributed by atoms with van der Waals surface area (Å²) >= 11 is 1.61. The van der Waals surface area contributed by atoms with Crippen LogP contribution in [0.5, 0.6) is 0 Å². The number of hydrogen-bond donors (Lipinski definition) is 4. The Kier molecular flexibility index (Phi) is 4.41. The lowest BCUT2D eigenvalue weighted by Gasteiger charge is -2.27. The molecule has 9 heteroatoms. The number of allylic oxidation sites excluding steroid dienone is 3. The number of nitrogens with zero attached hydrogens (tertiary/aromatic N) is 1. The number of aromatic nitrogens is 2. The predicted octanol–water partition coefficient (Wildman–Crippen LogP) is 5.37. The number of nitrogen functional groups attached to an aromatic ring is 1. The minimum Gasteiger partial charge on any atom is -0.399 e. The summed E-state index contributed by atoms with van der Waals surface area (Å²) < 4.78 is 0. The van der Waals surface area contributed by atoms with Gasteiger partial charge in [0.05, 0.1) is 10.9 Å². The number of aliphatic imine (C=N–C) groups is 1. The number of aromatic amines is 2. The van der Waals surface area contributed by atoms with Crippen molar-refractivity contribution < 1.29 is 14.4 Å². The number of fused-ring (bicyclic) bond motifs is 2. The summed E-state index contributed by atoms with van der Waals surface area (Å²) in [7, 11) is 0. The Morgan fingerprint density at radius 1 is 1.03 bits per heavy atom. The highest BCUT2D eigenvalue weighted by Gasteiger charge is 2.71. The number of H-pyrrole nitrogens is 2. The van der Waals surface area contributed by atoms with Crippen molar-refractivity contribution in [2.24, 2.45) is 16.3 Å². The average molecular weight is 534 g/mol. The van der Waals surface area contributed by atoms with Crippen LogP contribution in [0.3, 0.4) is 0 Å². The van der Waals surface area contributed by atoms with Crippen molar-refractivity contribution in [2.75, 3.05) is 11.1 Å². The normalized spacial score (nSPS) is 24.9. The number of benzene rings is 2. The monoisotopic (exact) mass is 533 g/mol. The molecule has 2 aliphatic heterocycles. The Bertz CT molecular complexity index is 1920. The number of ketones is 2. The lowest BCUT2D eigenvalue weighted by molar-refractivity contribution is -0.110. The zero-order valence-corrected chi connectivity index (χ0v) is 21.7. The number of hydrogen-bond acceptors (Lipinski definition) is 6. The molecule has 2 aliphatic carbocycles. The molecule has 1 fully saturated rings. The molecule has 0 saturated heterocycles. The molecule has 4 aliphatic rings. The molecule has 0 bridgehead atoms. The molecule has 2 aromatic carbocycles. The molecule has 1 spiro atoms. The van der Waals surface area contributed by atoms with Crippen LogP contribution in [0, 0.1) is 11.3 Å². The number of nitrogens with one attached hydrogen (secondary N) is 3. The van der Waals surface area contributed by atoms with E-state index in [1.165, 1.54) is 4.91 Å². The fourth-order valence-corrected chi connectivity index (χ4v) is 8.05. The smallest absolute Gasteiger partial charge is 0.272 e. The van der Waals surface area contributed by atoms with Gasteiger partial charge in [0.15, 0.2) is 11.6 Å². The summed E-state index contributed by atoms with van der Waals surface area (Å²) in [6, 6.07) is 14.6. The number of carbonyl (C=O) groups is 3. The van der Waals surface area contributed by atoms with Gasteiger partial charge >= 0.3 is 0 Å². The van der Waals surface area contributed by atoms with Crippen molar-refractivity contribution in [1.29, 1.82) is 0 Å². The topological polar surface area (TPSA) is 133 Å². The van der Waals surface area contributed by atoms with E-state index >= 15 is 0 Å². The zero-order valence-electron chi connectivity index (χ0n) is 20.9. The molecule has 192 valence electrons. The molecule has 8 nitrogen and oxygen atoms in total. The molecule has 4 aromatic rings. The first-order valence-electron chi connectivity index (χ1n) is 12.9. The highest BCUT2D eigenvalue weighted by atomic mass is 32.2. The van der Waals surface area contributed by atoms with E-state index in [0.717, 1.165) is 45.1 Å². The summed E-state index contributed by atoms with van der Waals surface area (Å²) in [5, 5.41) is 4.37. The first-order valence-corrected chi connectivity index (χ1v) is 13.8. The summed E-state index contributed by atoms with van der Waals surface area (Å²) in [5.41, 5.74) is 12.0. The summed E-state index contributed by atoms with van der Waals surface area (Å²) in [6.07, 6.45) is 3.13. The molecular weight excluding hydrogens is 510 g/mol. The van der Waals surface area contributed by atoms with Gasteiger partial charge in [0.2, 0.25) is 0 Å². The molecule has 2 aromatic heterocycles. The van der Waals surface area contributed by atoms with E-state index < -0.39 is 5.41 Å². The number of anilines is 2. The molecule has 8 rings (SSSR count).